The third-order valence-electron chi connectivity index (χ3n) is 7.33. The summed E-state index contributed by atoms with van der Waals surface area (Å²) in [5.74, 6) is -1.37. The highest BCUT2D eigenvalue weighted by Gasteiger charge is 2.35. The number of hydrogen-bond acceptors (Lipinski definition) is 3. The molecule has 1 saturated carbocycles. The Morgan fingerprint density at radius 3 is 2.35 bits per heavy atom. The zero-order valence-corrected chi connectivity index (χ0v) is 22.7. The molecular weight excluding hydrogens is 472 g/mol. The molecule has 2 aromatic rings. The van der Waals surface area contributed by atoms with Gasteiger partial charge in [0.1, 0.15) is 11.6 Å². The van der Waals surface area contributed by atoms with Crippen LogP contribution in [-0.4, -0.2) is 36.4 Å². The van der Waals surface area contributed by atoms with Crippen LogP contribution in [0.25, 0.3) is 0 Å². The predicted octanol–water partition coefficient (Wildman–Crippen LogP) is 5.69. The molecule has 1 aliphatic rings. The molecule has 0 aromatic heterocycles. The van der Waals surface area contributed by atoms with Crippen LogP contribution in [0.4, 0.5) is 13.6 Å². The van der Waals surface area contributed by atoms with E-state index in [-0.39, 0.29) is 23.9 Å². The highest BCUT2D eigenvalue weighted by molar-refractivity contribution is 5.74. The second-order valence-corrected chi connectivity index (χ2v) is 11.4. The van der Waals surface area contributed by atoms with E-state index >= 15 is 0 Å². The van der Waals surface area contributed by atoms with Gasteiger partial charge in [-0.3, -0.25) is 0 Å². The molecule has 3 rings (SSSR count). The van der Waals surface area contributed by atoms with Crippen molar-refractivity contribution < 1.29 is 18.7 Å². The van der Waals surface area contributed by atoms with Gasteiger partial charge in [0.2, 0.25) is 0 Å². The van der Waals surface area contributed by atoms with Gasteiger partial charge in [0.25, 0.3) is 0 Å². The molecule has 0 bridgehead atoms. The van der Waals surface area contributed by atoms with Crippen LogP contribution in [0.5, 0.6) is 0 Å². The summed E-state index contributed by atoms with van der Waals surface area (Å²) in [5.41, 5.74) is 2.59. The van der Waals surface area contributed by atoms with Gasteiger partial charge in [0.15, 0.2) is 0 Å². The standard InChI is InChI=1S/C30H43F2N3O2/c1-5-14-33-28(37)35-26(17-21-15-24(31)19-25(32)16-21)27(36)20-34-30(12-7-6-8-13-30)23-11-9-10-22(18-23)29(2,3)4/h9-11,15-16,18-19,26-27,34,36H,5-8,12-14,17,20H2,1-4H3,(H2,33,35,37). The van der Waals surface area contributed by atoms with Crippen LogP contribution >= 0.6 is 0 Å². The number of amides is 2. The number of aliphatic hydroxyl groups excluding tert-OH is 1. The molecule has 4 N–H and O–H groups in total. The molecule has 0 aliphatic heterocycles. The van der Waals surface area contributed by atoms with Gasteiger partial charge in [-0.25, -0.2) is 13.6 Å². The van der Waals surface area contributed by atoms with Crippen LogP contribution in [0.1, 0.15) is 82.9 Å². The minimum Gasteiger partial charge on any atom is -0.390 e. The van der Waals surface area contributed by atoms with E-state index < -0.39 is 29.8 Å². The Labute approximate surface area is 220 Å². The maximum absolute atomic E-state index is 13.8. The van der Waals surface area contributed by atoms with E-state index in [1.807, 2.05) is 6.92 Å². The molecule has 37 heavy (non-hydrogen) atoms. The van der Waals surface area contributed by atoms with E-state index in [1.165, 1.54) is 29.7 Å². The number of rotatable bonds is 10. The first-order valence-corrected chi connectivity index (χ1v) is 13.6. The summed E-state index contributed by atoms with van der Waals surface area (Å²) in [6.45, 7) is 9.28. The van der Waals surface area contributed by atoms with Crippen LogP contribution in [-0.2, 0) is 17.4 Å². The molecule has 204 valence electrons. The Morgan fingerprint density at radius 1 is 1.05 bits per heavy atom. The fourth-order valence-electron chi connectivity index (χ4n) is 5.17. The molecule has 1 aliphatic carbocycles. The Balaban J connectivity index is 1.81. The fraction of sp³-hybridized carbons (Fsp3) is 0.567. The first-order valence-electron chi connectivity index (χ1n) is 13.6. The maximum atomic E-state index is 13.8. The third kappa shape index (κ3) is 8.24. The van der Waals surface area contributed by atoms with E-state index in [4.69, 9.17) is 0 Å². The maximum Gasteiger partial charge on any atom is 0.315 e. The number of aliphatic hydroxyl groups is 1. The van der Waals surface area contributed by atoms with Crippen LogP contribution in [0, 0.1) is 11.6 Å². The van der Waals surface area contributed by atoms with Crippen molar-refractivity contribution in [3.63, 3.8) is 0 Å². The summed E-state index contributed by atoms with van der Waals surface area (Å²) in [4.78, 5) is 12.5. The molecule has 2 unspecified atom stereocenters. The number of benzene rings is 2. The SMILES string of the molecule is CCCNC(=O)NC(Cc1cc(F)cc(F)c1)C(O)CNC1(c2cccc(C(C)(C)C)c2)CCCCC1. The first-order chi connectivity index (χ1) is 17.5. The molecule has 0 saturated heterocycles. The lowest BCUT2D eigenvalue weighted by Gasteiger charge is -2.41. The van der Waals surface area contributed by atoms with Gasteiger partial charge in [0.05, 0.1) is 12.1 Å². The lowest BCUT2D eigenvalue weighted by molar-refractivity contribution is 0.106. The van der Waals surface area contributed by atoms with Crippen LogP contribution in [0.2, 0.25) is 0 Å². The van der Waals surface area contributed by atoms with Gasteiger partial charge in [-0.2, -0.15) is 0 Å². The molecule has 5 nitrogen and oxygen atoms in total. The number of hydrogen-bond donors (Lipinski definition) is 4. The second kappa shape index (κ2) is 12.8. The predicted molar refractivity (Wildman–Crippen MR) is 145 cm³/mol. The second-order valence-electron chi connectivity index (χ2n) is 11.4. The normalized spacial score (nSPS) is 17.2. The van der Waals surface area contributed by atoms with Crippen molar-refractivity contribution in [3.8, 4) is 0 Å². The summed E-state index contributed by atoms with van der Waals surface area (Å²) in [7, 11) is 0. The summed E-state index contributed by atoms with van der Waals surface area (Å²) in [6, 6.07) is 10.8. The number of urea groups is 1. The quantitative estimate of drug-likeness (QED) is 0.328. The zero-order valence-electron chi connectivity index (χ0n) is 22.7. The molecule has 0 heterocycles. The lowest BCUT2D eigenvalue weighted by Crippen LogP contribution is -2.54. The van der Waals surface area contributed by atoms with Gasteiger partial charge >= 0.3 is 6.03 Å². The number of carbonyl (C=O) groups is 1. The Hall–Kier alpha value is -2.51. The van der Waals surface area contributed by atoms with Crippen LogP contribution in [0.15, 0.2) is 42.5 Å². The van der Waals surface area contributed by atoms with Gasteiger partial charge in [-0.05, 0) is 59.9 Å². The molecule has 7 heteroatoms. The molecule has 0 radical (unpaired) electrons. The minimum atomic E-state index is -0.969. The molecule has 2 amide bonds. The molecule has 1 fully saturated rings. The van der Waals surface area contributed by atoms with Crippen molar-refractivity contribution in [1.29, 1.82) is 0 Å². The molecule has 2 aromatic carbocycles. The van der Waals surface area contributed by atoms with E-state index in [0.29, 0.717) is 12.1 Å². The van der Waals surface area contributed by atoms with Crippen LogP contribution < -0.4 is 16.0 Å². The number of halogens is 2. The fourth-order valence-corrected chi connectivity index (χ4v) is 5.17. The van der Waals surface area contributed by atoms with Crippen molar-refractivity contribution in [2.45, 2.75) is 95.7 Å². The van der Waals surface area contributed by atoms with Crippen molar-refractivity contribution in [3.05, 3.63) is 70.8 Å². The summed E-state index contributed by atoms with van der Waals surface area (Å²) in [5, 5.41) is 20.5. The van der Waals surface area contributed by atoms with E-state index in [9.17, 15) is 18.7 Å². The Kier molecular flexibility index (Phi) is 10.1. The van der Waals surface area contributed by atoms with Gasteiger partial charge in [0, 0.05) is 24.7 Å². The van der Waals surface area contributed by atoms with Crippen LogP contribution in [0.3, 0.4) is 0 Å². The average Bonchev–Trinajstić information content (AvgIpc) is 2.85. The van der Waals surface area contributed by atoms with Crippen molar-refractivity contribution in [1.82, 2.24) is 16.0 Å². The van der Waals surface area contributed by atoms with Gasteiger partial charge < -0.3 is 21.1 Å². The Morgan fingerprint density at radius 2 is 1.73 bits per heavy atom. The molecule has 0 spiro atoms. The third-order valence-corrected chi connectivity index (χ3v) is 7.33. The lowest BCUT2D eigenvalue weighted by atomic mass is 9.74. The summed E-state index contributed by atoms with van der Waals surface area (Å²) < 4.78 is 27.7. The summed E-state index contributed by atoms with van der Waals surface area (Å²) in [6.07, 6.45) is 5.17. The van der Waals surface area contributed by atoms with Crippen molar-refractivity contribution in [2.24, 2.45) is 0 Å². The Bertz CT molecular complexity index is 1010. The zero-order chi connectivity index (χ0) is 27.1. The summed E-state index contributed by atoms with van der Waals surface area (Å²) >= 11 is 0. The smallest absolute Gasteiger partial charge is 0.315 e. The van der Waals surface area contributed by atoms with E-state index in [0.717, 1.165) is 38.2 Å². The van der Waals surface area contributed by atoms with Gasteiger partial charge in [-0.15, -0.1) is 0 Å². The first kappa shape index (κ1) is 29.1. The minimum absolute atomic E-state index is 0.0203. The van der Waals surface area contributed by atoms with Gasteiger partial charge in [-0.1, -0.05) is 71.2 Å². The molecule has 2 atom stereocenters. The van der Waals surface area contributed by atoms with E-state index in [1.54, 1.807) is 0 Å². The highest BCUT2D eigenvalue weighted by atomic mass is 19.1. The van der Waals surface area contributed by atoms with Crippen molar-refractivity contribution >= 4 is 6.03 Å². The van der Waals surface area contributed by atoms with Crippen molar-refractivity contribution in [2.75, 3.05) is 13.1 Å². The largest absolute Gasteiger partial charge is 0.390 e. The number of nitrogens with one attached hydrogen (secondary N) is 3. The number of carbonyl (C=O) groups excluding carboxylic acids is 1. The highest BCUT2D eigenvalue weighted by Crippen LogP contribution is 2.38. The monoisotopic (exact) mass is 515 g/mol. The average molecular weight is 516 g/mol. The van der Waals surface area contributed by atoms with E-state index in [2.05, 4.69) is 61.0 Å². The molecular formula is C30H43F2N3O2. The topological polar surface area (TPSA) is 73.4 Å².